The molecular weight excluding hydrogens is 304 g/mol. The van der Waals surface area contributed by atoms with E-state index >= 15 is 0 Å². The van der Waals surface area contributed by atoms with Crippen molar-refractivity contribution < 1.29 is 9.90 Å². The van der Waals surface area contributed by atoms with E-state index in [1.807, 2.05) is 23.1 Å². The SMILES string of the molecule is Cn1cc(C2=CC(O)CN(CC(=O)c3ccccc3)C2)ccc1=O. The zero-order valence-corrected chi connectivity index (χ0v) is 13.6. The van der Waals surface area contributed by atoms with Crippen molar-refractivity contribution in [3.8, 4) is 0 Å². The van der Waals surface area contributed by atoms with Crippen LogP contribution >= 0.6 is 0 Å². The van der Waals surface area contributed by atoms with Crippen LogP contribution in [-0.2, 0) is 7.05 Å². The van der Waals surface area contributed by atoms with Gasteiger partial charge in [-0.3, -0.25) is 14.5 Å². The molecule has 5 nitrogen and oxygen atoms in total. The van der Waals surface area contributed by atoms with Gasteiger partial charge in [0.25, 0.3) is 0 Å². The number of carbonyl (C=O) groups excluding carboxylic acids is 1. The minimum Gasteiger partial charge on any atom is -0.388 e. The average molecular weight is 324 g/mol. The highest BCUT2D eigenvalue weighted by Crippen LogP contribution is 2.20. The van der Waals surface area contributed by atoms with E-state index in [-0.39, 0.29) is 17.9 Å². The molecule has 0 aliphatic carbocycles. The van der Waals surface area contributed by atoms with E-state index in [1.54, 1.807) is 37.5 Å². The van der Waals surface area contributed by atoms with Gasteiger partial charge in [0, 0.05) is 38.0 Å². The second-order valence-corrected chi connectivity index (χ2v) is 6.08. The maximum atomic E-state index is 12.4. The molecule has 2 heterocycles. The lowest BCUT2D eigenvalue weighted by Gasteiger charge is -2.29. The van der Waals surface area contributed by atoms with Gasteiger partial charge in [-0.2, -0.15) is 0 Å². The van der Waals surface area contributed by atoms with Crippen LogP contribution in [0.2, 0.25) is 0 Å². The Morgan fingerprint density at radius 3 is 2.67 bits per heavy atom. The average Bonchev–Trinajstić information content (AvgIpc) is 2.57. The summed E-state index contributed by atoms with van der Waals surface area (Å²) in [7, 11) is 1.70. The number of carbonyl (C=O) groups is 1. The highest BCUT2D eigenvalue weighted by Gasteiger charge is 2.22. The Morgan fingerprint density at radius 1 is 1.21 bits per heavy atom. The molecule has 3 rings (SSSR count). The predicted molar refractivity (Wildman–Crippen MR) is 92.9 cm³/mol. The number of β-amino-alcohol motifs (C(OH)–C–C–N with tert-alkyl or cyclic N) is 1. The van der Waals surface area contributed by atoms with Gasteiger partial charge in [-0.25, -0.2) is 0 Å². The lowest BCUT2D eigenvalue weighted by Crippen LogP contribution is -2.40. The fourth-order valence-corrected chi connectivity index (χ4v) is 2.92. The van der Waals surface area contributed by atoms with Gasteiger partial charge in [0.05, 0.1) is 12.6 Å². The third kappa shape index (κ3) is 3.69. The van der Waals surface area contributed by atoms with Crippen molar-refractivity contribution in [3.05, 3.63) is 76.2 Å². The van der Waals surface area contributed by atoms with Gasteiger partial charge in [0.1, 0.15) is 0 Å². The first-order chi connectivity index (χ1) is 11.5. The van der Waals surface area contributed by atoms with Gasteiger partial charge in [0.15, 0.2) is 5.78 Å². The largest absolute Gasteiger partial charge is 0.388 e. The van der Waals surface area contributed by atoms with Crippen molar-refractivity contribution >= 4 is 11.4 Å². The Kier molecular flexibility index (Phi) is 4.74. The summed E-state index contributed by atoms with van der Waals surface area (Å²) in [6, 6.07) is 12.4. The van der Waals surface area contributed by atoms with Crippen LogP contribution in [0.4, 0.5) is 0 Å². The van der Waals surface area contributed by atoms with Crippen LogP contribution in [-0.4, -0.2) is 46.1 Å². The summed E-state index contributed by atoms with van der Waals surface area (Å²) in [5.74, 6) is 0.0320. The van der Waals surface area contributed by atoms with Crippen molar-refractivity contribution in [2.75, 3.05) is 19.6 Å². The molecule has 0 radical (unpaired) electrons. The van der Waals surface area contributed by atoms with Crippen LogP contribution in [0.25, 0.3) is 5.57 Å². The van der Waals surface area contributed by atoms with Crippen LogP contribution in [0.5, 0.6) is 0 Å². The predicted octanol–water partition coefficient (Wildman–Crippen LogP) is 1.33. The van der Waals surface area contributed by atoms with Gasteiger partial charge < -0.3 is 9.67 Å². The zero-order chi connectivity index (χ0) is 17.1. The Labute approximate surface area is 140 Å². The number of hydrogen-bond donors (Lipinski definition) is 1. The Hall–Kier alpha value is -2.50. The van der Waals surface area contributed by atoms with Crippen molar-refractivity contribution in [1.29, 1.82) is 0 Å². The summed E-state index contributed by atoms with van der Waals surface area (Å²) in [4.78, 5) is 25.8. The highest BCUT2D eigenvalue weighted by molar-refractivity contribution is 5.97. The maximum Gasteiger partial charge on any atom is 0.250 e. The number of ketones is 1. The molecule has 0 bridgehead atoms. The topological polar surface area (TPSA) is 62.5 Å². The monoisotopic (exact) mass is 324 g/mol. The summed E-state index contributed by atoms with van der Waals surface area (Å²) in [6.07, 6.45) is 2.92. The van der Waals surface area contributed by atoms with Crippen molar-refractivity contribution in [2.45, 2.75) is 6.10 Å². The number of aryl methyl sites for hydroxylation is 1. The number of rotatable bonds is 4. The van der Waals surface area contributed by atoms with E-state index < -0.39 is 6.10 Å². The molecule has 1 aromatic carbocycles. The van der Waals surface area contributed by atoms with Gasteiger partial charge in [0.2, 0.25) is 5.56 Å². The molecule has 0 amide bonds. The van der Waals surface area contributed by atoms with Gasteiger partial charge in [-0.1, -0.05) is 30.3 Å². The van der Waals surface area contributed by atoms with Crippen LogP contribution < -0.4 is 5.56 Å². The quantitative estimate of drug-likeness (QED) is 0.862. The number of Topliss-reactive ketones (excluding diaryl/α,β-unsaturated/α-hetero) is 1. The van der Waals surface area contributed by atoms with E-state index in [0.717, 1.165) is 11.1 Å². The number of hydrogen-bond acceptors (Lipinski definition) is 4. The molecule has 0 spiro atoms. The molecule has 0 fully saturated rings. The number of benzene rings is 1. The molecule has 5 heteroatoms. The van der Waals surface area contributed by atoms with Crippen molar-refractivity contribution in [2.24, 2.45) is 7.05 Å². The van der Waals surface area contributed by atoms with Gasteiger partial charge >= 0.3 is 0 Å². The molecule has 124 valence electrons. The van der Waals surface area contributed by atoms with Gasteiger partial charge in [-0.15, -0.1) is 0 Å². The first-order valence-electron chi connectivity index (χ1n) is 7.89. The fourth-order valence-electron chi connectivity index (χ4n) is 2.92. The molecule has 1 aliphatic heterocycles. The first kappa shape index (κ1) is 16.4. The van der Waals surface area contributed by atoms with Crippen molar-refractivity contribution in [1.82, 2.24) is 9.47 Å². The summed E-state index contributed by atoms with van der Waals surface area (Å²) < 4.78 is 1.51. The van der Waals surface area contributed by atoms with Crippen LogP contribution in [0.1, 0.15) is 15.9 Å². The number of pyridine rings is 1. The second kappa shape index (κ2) is 6.95. The lowest BCUT2D eigenvalue weighted by molar-refractivity contribution is 0.0893. The first-order valence-corrected chi connectivity index (χ1v) is 7.89. The highest BCUT2D eigenvalue weighted by atomic mass is 16.3. The summed E-state index contributed by atoms with van der Waals surface area (Å²) in [5, 5.41) is 10.1. The summed E-state index contributed by atoms with van der Waals surface area (Å²) in [5.41, 5.74) is 2.40. The third-order valence-corrected chi connectivity index (χ3v) is 4.15. The zero-order valence-electron chi connectivity index (χ0n) is 13.6. The number of nitrogens with zero attached hydrogens (tertiary/aromatic N) is 2. The molecule has 1 atom stereocenters. The second-order valence-electron chi connectivity index (χ2n) is 6.08. The molecule has 0 saturated carbocycles. The molecule has 1 aliphatic rings. The number of aliphatic hydroxyl groups excluding tert-OH is 1. The standard InChI is InChI=1S/C19H20N2O3/c1-20-10-15(7-8-19(20)24)16-9-17(22)12-21(11-16)13-18(23)14-5-3-2-4-6-14/h2-10,17,22H,11-13H2,1H3. The normalized spacial score (nSPS) is 18.2. The van der Waals surface area contributed by atoms with Crippen LogP contribution in [0.3, 0.4) is 0 Å². The fraction of sp³-hybridized carbons (Fsp3) is 0.263. The van der Waals surface area contributed by atoms with E-state index in [0.29, 0.717) is 18.7 Å². The number of aromatic nitrogens is 1. The third-order valence-electron chi connectivity index (χ3n) is 4.15. The maximum absolute atomic E-state index is 12.4. The molecule has 1 aromatic heterocycles. The number of aliphatic hydroxyl groups is 1. The van der Waals surface area contributed by atoms with E-state index in [4.69, 9.17) is 0 Å². The summed E-state index contributed by atoms with van der Waals surface area (Å²) in [6.45, 7) is 1.24. The van der Waals surface area contributed by atoms with E-state index in [2.05, 4.69) is 0 Å². The molecule has 0 saturated heterocycles. The molecule has 24 heavy (non-hydrogen) atoms. The minimum atomic E-state index is -0.630. The molecule has 1 unspecified atom stereocenters. The Morgan fingerprint density at radius 2 is 1.96 bits per heavy atom. The van der Waals surface area contributed by atoms with Crippen LogP contribution in [0, 0.1) is 0 Å². The Balaban J connectivity index is 1.76. The molecule has 2 aromatic rings. The minimum absolute atomic E-state index is 0.0320. The van der Waals surface area contributed by atoms with Crippen LogP contribution in [0.15, 0.2) is 59.5 Å². The Bertz CT molecular complexity index is 824. The lowest BCUT2D eigenvalue weighted by atomic mass is 10.0. The summed E-state index contributed by atoms with van der Waals surface area (Å²) >= 11 is 0. The molecular formula is C19H20N2O3. The smallest absolute Gasteiger partial charge is 0.250 e. The molecule has 1 N–H and O–H groups in total. The van der Waals surface area contributed by atoms with Gasteiger partial charge in [-0.05, 0) is 23.3 Å². The van der Waals surface area contributed by atoms with Crippen molar-refractivity contribution in [3.63, 3.8) is 0 Å². The van der Waals surface area contributed by atoms with E-state index in [9.17, 15) is 14.7 Å². The van der Waals surface area contributed by atoms with E-state index in [1.165, 1.54) is 10.6 Å².